The molecule has 5 rings (SSSR count). The largest absolute Gasteiger partial charge is 0.394 e. The summed E-state index contributed by atoms with van der Waals surface area (Å²) >= 11 is 0. The molecular formula is C32H60F2N8O15. The molecule has 0 radical (unpaired) electrons. The van der Waals surface area contributed by atoms with E-state index in [0.29, 0.717) is 12.5 Å². The molecule has 22 N–H and O–H groups in total. The topological polar surface area (TPSA) is 414 Å². The van der Waals surface area contributed by atoms with Crippen molar-refractivity contribution in [2.75, 3.05) is 32.8 Å². The maximum Gasteiger partial charge on any atom is 0.294 e. The summed E-state index contributed by atoms with van der Waals surface area (Å²) in [5.74, 6) is -5.33. The number of aliphatic hydroxyl groups excluding tert-OH is 8. The molecule has 57 heavy (non-hydrogen) atoms. The Morgan fingerprint density at radius 1 is 0.719 bits per heavy atom. The molecule has 5 aliphatic rings. The first-order valence-electron chi connectivity index (χ1n) is 18.9. The van der Waals surface area contributed by atoms with Crippen molar-refractivity contribution in [3.05, 3.63) is 0 Å². The summed E-state index contributed by atoms with van der Waals surface area (Å²) in [5.41, 5.74) is 35.2. The molecule has 0 aromatic heterocycles. The first-order valence-corrected chi connectivity index (χ1v) is 18.9. The van der Waals surface area contributed by atoms with Crippen LogP contribution in [-0.2, 0) is 33.2 Å². The van der Waals surface area contributed by atoms with E-state index in [1.54, 1.807) is 0 Å². The maximum atomic E-state index is 14.1. The molecule has 3 heterocycles. The van der Waals surface area contributed by atoms with E-state index >= 15 is 0 Å². The van der Waals surface area contributed by atoms with Gasteiger partial charge in [-0.25, -0.2) is 8.78 Å². The number of aliphatic hydroxyl groups is 8. The summed E-state index contributed by atoms with van der Waals surface area (Å²) in [5, 5.41) is 90.8. The van der Waals surface area contributed by atoms with Crippen LogP contribution in [0.15, 0.2) is 0 Å². The average Bonchev–Trinajstić information content (AvgIpc) is 3.47. The Hall–Kier alpha value is -1.51. The summed E-state index contributed by atoms with van der Waals surface area (Å²) in [4.78, 5) is 12.7. The molecule has 5 fully saturated rings. The van der Waals surface area contributed by atoms with E-state index in [4.69, 9.17) is 62.8 Å². The van der Waals surface area contributed by atoms with Gasteiger partial charge in [0.2, 0.25) is 0 Å². The van der Waals surface area contributed by atoms with Crippen LogP contribution in [0.3, 0.4) is 0 Å². The Bertz CT molecular complexity index is 1300. The Morgan fingerprint density at radius 2 is 1.26 bits per heavy atom. The standard InChI is InChI=1S/C32H60F2N8O15/c33-32(34,8-36)27(50)28(51)42-12-3-11(38)24(55-30-17(40)22(48)20(46)14(53-30)6-41-5-9-1-10(37)2-9)26(18(12)44)57-31-23(49)25(15(7-43)54-31)56-29-16(39)21(47)19(45)13(4-35)52-29/h9-27,29-31,41,43-50H,1-8,35-40H2,(H,42,51)/t9?,10?,11-,12+,13-,14+,15+,16+,17+,18-,19+,20+,21+,22+,23+,24+,25+,26+,27+,29+,30+,31-/m0/s1. The van der Waals surface area contributed by atoms with Crippen LogP contribution >= 0.6 is 0 Å². The van der Waals surface area contributed by atoms with Crippen molar-refractivity contribution in [2.45, 2.75) is 154 Å². The molecule has 20 atom stereocenters. The van der Waals surface area contributed by atoms with Crippen molar-refractivity contribution in [1.29, 1.82) is 0 Å². The van der Waals surface area contributed by atoms with Crippen LogP contribution in [0.4, 0.5) is 8.78 Å². The third-order valence-electron chi connectivity index (χ3n) is 11.4. The van der Waals surface area contributed by atoms with Crippen LogP contribution in [0.1, 0.15) is 19.3 Å². The highest BCUT2D eigenvalue weighted by Gasteiger charge is 2.55. The Morgan fingerprint density at radius 3 is 1.82 bits per heavy atom. The lowest BCUT2D eigenvalue weighted by Gasteiger charge is -2.48. The number of hydrogen-bond acceptors (Lipinski definition) is 22. The number of carbonyl (C=O) groups is 1. The molecular weight excluding hydrogens is 774 g/mol. The fourth-order valence-corrected chi connectivity index (χ4v) is 7.77. The summed E-state index contributed by atoms with van der Waals surface area (Å²) in [6.07, 6.45) is -24.6. The van der Waals surface area contributed by atoms with Gasteiger partial charge in [0.15, 0.2) is 25.0 Å². The van der Waals surface area contributed by atoms with E-state index in [1.807, 2.05) is 0 Å². The number of halogens is 2. The van der Waals surface area contributed by atoms with Gasteiger partial charge in [-0.05, 0) is 31.7 Å². The molecule has 23 nitrogen and oxygen atoms in total. The van der Waals surface area contributed by atoms with Crippen molar-refractivity contribution in [3.8, 4) is 0 Å². The molecule has 2 aliphatic carbocycles. The number of hydrogen-bond donors (Lipinski definition) is 16. The molecule has 3 saturated heterocycles. The van der Waals surface area contributed by atoms with Gasteiger partial charge in [0, 0.05) is 25.2 Å². The van der Waals surface area contributed by atoms with Gasteiger partial charge in [0.25, 0.3) is 11.8 Å². The number of nitrogens with one attached hydrogen (secondary N) is 2. The van der Waals surface area contributed by atoms with Gasteiger partial charge < -0.3 is 114 Å². The fourth-order valence-electron chi connectivity index (χ4n) is 7.77. The van der Waals surface area contributed by atoms with Crippen molar-refractivity contribution in [3.63, 3.8) is 0 Å². The van der Waals surface area contributed by atoms with Gasteiger partial charge in [-0.15, -0.1) is 0 Å². The highest BCUT2D eigenvalue weighted by atomic mass is 19.3. The number of alkyl halides is 2. The Kier molecular flexibility index (Phi) is 15.9. The smallest absolute Gasteiger partial charge is 0.294 e. The minimum atomic E-state index is -4.04. The third-order valence-corrected chi connectivity index (χ3v) is 11.4. The number of ether oxygens (including phenoxy) is 6. The Labute approximate surface area is 326 Å². The molecule has 0 bridgehead atoms. The minimum absolute atomic E-state index is 0.0576. The van der Waals surface area contributed by atoms with Gasteiger partial charge in [-0.1, -0.05) is 0 Å². The zero-order valence-electron chi connectivity index (χ0n) is 31.0. The SMILES string of the molecule is NC[C@@H]1O[C@H](O[C@H]2[C@@H](O)[C@H](O[C@@H]3[C@@H](O)[C@H](NC(=O)[C@@H](O)C(F)(F)CN)C[C@H](N)[C@H]3O[C@H]3O[C@H](CNCC4CC(N)C4)[C@@H](O)[C@H](O)[C@H]3N)O[C@@H]2CO)[C@H](N)[C@@H](O)[C@@H]1O. The Balaban J connectivity index is 1.35. The average molecular weight is 835 g/mol. The van der Waals surface area contributed by atoms with Gasteiger partial charge in [-0.3, -0.25) is 4.79 Å². The van der Waals surface area contributed by atoms with Crippen LogP contribution in [0.25, 0.3) is 0 Å². The lowest BCUT2D eigenvalue weighted by molar-refractivity contribution is -0.308. The van der Waals surface area contributed by atoms with Crippen LogP contribution in [0, 0.1) is 5.92 Å². The van der Waals surface area contributed by atoms with Crippen molar-refractivity contribution in [2.24, 2.45) is 40.3 Å². The minimum Gasteiger partial charge on any atom is -0.394 e. The van der Waals surface area contributed by atoms with Gasteiger partial charge in [-0.2, -0.15) is 0 Å². The first kappa shape index (κ1) is 46.6. The zero-order chi connectivity index (χ0) is 42.1. The quantitative estimate of drug-likeness (QED) is 0.0686. The highest BCUT2D eigenvalue weighted by Crippen LogP contribution is 2.35. The molecule has 1 amide bonds. The second kappa shape index (κ2) is 19.5. The van der Waals surface area contributed by atoms with E-state index in [0.717, 1.165) is 12.8 Å². The maximum absolute atomic E-state index is 14.1. The first-order chi connectivity index (χ1) is 26.8. The number of amides is 1. The number of nitrogens with two attached hydrogens (primary N) is 6. The van der Waals surface area contributed by atoms with E-state index in [-0.39, 0.29) is 25.6 Å². The van der Waals surface area contributed by atoms with Gasteiger partial charge in [0.05, 0.1) is 31.3 Å². The molecule has 0 unspecified atom stereocenters. The van der Waals surface area contributed by atoms with Crippen molar-refractivity contribution in [1.82, 2.24) is 10.6 Å². The predicted molar refractivity (Wildman–Crippen MR) is 187 cm³/mol. The normalized spacial score (nSPS) is 47.3. The molecule has 332 valence electrons. The summed E-state index contributed by atoms with van der Waals surface area (Å²) in [6.45, 7) is -1.80. The fraction of sp³-hybridized carbons (Fsp3) is 0.969. The van der Waals surface area contributed by atoms with Crippen molar-refractivity contribution >= 4 is 5.91 Å². The lowest BCUT2D eigenvalue weighted by Crippen LogP contribution is -2.69. The summed E-state index contributed by atoms with van der Waals surface area (Å²) in [6, 6.07) is -5.40. The van der Waals surface area contributed by atoms with Gasteiger partial charge in [0.1, 0.15) is 73.2 Å². The second-order valence-corrected chi connectivity index (χ2v) is 15.6. The number of carbonyl (C=O) groups excluding carboxylic acids is 1. The molecule has 2 saturated carbocycles. The molecule has 3 aliphatic heterocycles. The van der Waals surface area contributed by atoms with Crippen LogP contribution < -0.4 is 45.0 Å². The van der Waals surface area contributed by atoms with Crippen LogP contribution in [0.5, 0.6) is 0 Å². The van der Waals surface area contributed by atoms with E-state index in [1.165, 1.54) is 0 Å². The van der Waals surface area contributed by atoms with E-state index in [2.05, 4.69) is 10.6 Å². The molecule has 0 aromatic carbocycles. The molecule has 25 heteroatoms. The summed E-state index contributed by atoms with van der Waals surface area (Å²) < 4.78 is 63.6. The predicted octanol–water partition coefficient (Wildman–Crippen LogP) is -9.41. The van der Waals surface area contributed by atoms with Crippen LogP contribution in [-0.4, -0.2) is 214 Å². The molecule has 0 spiro atoms. The zero-order valence-corrected chi connectivity index (χ0v) is 31.0. The molecule has 0 aromatic rings. The monoisotopic (exact) mass is 834 g/mol. The third kappa shape index (κ3) is 10.2. The van der Waals surface area contributed by atoms with Crippen molar-refractivity contribution < 1.29 is 82.8 Å². The summed E-state index contributed by atoms with van der Waals surface area (Å²) in [7, 11) is 0. The van der Waals surface area contributed by atoms with Gasteiger partial charge >= 0.3 is 0 Å². The second-order valence-electron chi connectivity index (χ2n) is 15.6. The number of rotatable bonds is 16. The highest BCUT2D eigenvalue weighted by molar-refractivity contribution is 5.82. The van der Waals surface area contributed by atoms with E-state index in [9.17, 15) is 54.4 Å². The van der Waals surface area contributed by atoms with Crippen LogP contribution in [0.2, 0.25) is 0 Å². The lowest BCUT2D eigenvalue weighted by atomic mass is 9.81. The van der Waals surface area contributed by atoms with E-state index < -0.39 is 147 Å².